The van der Waals surface area contributed by atoms with E-state index in [1.54, 1.807) is 6.07 Å². The molecule has 0 radical (unpaired) electrons. The molecule has 1 aromatic heterocycles. The molecule has 0 saturated carbocycles. The average Bonchev–Trinajstić information content (AvgIpc) is 2.45. The number of piperidine rings is 1. The summed E-state index contributed by atoms with van der Waals surface area (Å²) >= 11 is 1.51. The molecule has 3 N–H and O–H groups in total. The third-order valence-electron chi connectivity index (χ3n) is 3.50. The van der Waals surface area contributed by atoms with Crippen LogP contribution < -0.4 is 11.1 Å². The van der Waals surface area contributed by atoms with Gasteiger partial charge < -0.3 is 11.1 Å². The van der Waals surface area contributed by atoms with Gasteiger partial charge in [0.05, 0.1) is 0 Å². The van der Waals surface area contributed by atoms with Gasteiger partial charge >= 0.3 is 0 Å². The lowest BCUT2D eigenvalue weighted by molar-refractivity contribution is 0.180. The van der Waals surface area contributed by atoms with Crippen molar-refractivity contribution in [2.24, 2.45) is 0 Å². The van der Waals surface area contributed by atoms with Crippen LogP contribution in [0, 0.1) is 0 Å². The van der Waals surface area contributed by atoms with Gasteiger partial charge in [0, 0.05) is 18.7 Å². The lowest BCUT2D eigenvalue weighted by atomic mass is 10.1. The Morgan fingerprint density at radius 3 is 2.79 bits per heavy atom. The summed E-state index contributed by atoms with van der Waals surface area (Å²) in [6.45, 7) is 5.58. The smallest absolute Gasteiger partial charge is 0.191 e. The maximum atomic E-state index is 5.77. The highest BCUT2D eigenvalue weighted by atomic mass is 32.2. The number of hydrogen-bond acceptors (Lipinski definition) is 6. The molecule has 1 atom stereocenters. The van der Waals surface area contributed by atoms with Crippen molar-refractivity contribution in [3.05, 3.63) is 6.07 Å². The fourth-order valence-electron chi connectivity index (χ4n) is 2.37. The molecule has 0 amide bonds. The molecule has 1 fully saturated rings. The van der Waals surface area contributed by atoms with Crippen molar-refractivity contribution in [2.75, 3.05) is 36.9 Å². The van der Waals surface area contributed by atoms with Crippen LogP contribution >= 0.6 is 11.8 Å². The molecule has 2 rings (SSSR count). The Morgan fingerprint density at radius 1 is 1.37 bits per heavy atom. The van der Waals surface area contributed by atoms with Crippen LogP contribution in [0.2, 0.25) is 0 Å². The fourth-order valence-corrected chi connectivity index (χ4v) is 2.75. The van der Waals surface area contributed by atoms with Gasteiger partial charge in [-0.05, 0) is 39.1 Å². The second-order valence-corrected chi connectivity index (χ2v) is 5.76. The van der Waals surface area contributed by atoms with E-state index in [2.05, 4.69) is 27.1 Å². The van der Waals surface area contributed by atoms with Crippen LogP contribution in [0.25, 0.3) is 0 Å². The summed E-state index contributed by atoms with van der Waals surface area (Å²) in [5, 5.41) is 4.09. The highest BCUT2D eigenvalue weighted by Gasteiger charge is 2.16. The van der Waals surface area contributed by atoms with Crippen molar-refractivity contribution in [3.63, 3.8) is 0 Å². The van der Waals surface area contributed by atoms with E-state index in [9.17, 15) is 0 Å². The minimum absolute atomic E-state index is 0.521. The minimum atomic E-state index is 0.521. The SMILES string of the molecule is CSc1nc(N)cc(NCC(C)N2CCCCC2)n1. The molecule has 106 valence electrons. The third-order valence-corrected chi connectivity index (χ3v) is 4.05. The zero-order valence-corrected chi connectivity index (χ0v) is 12.5. The van der Waals surface area contributed by atoms with Gasteiger partial charge in [0.1, 0.15) is 11.6 Å². The number of nitrogens with one attached hydrogen (secondary N) is 1. The van der Waals surface area contributed by atoms with Gasteiger partial charge in [-0.15, -0.1) is 0 Å². The second-order valence-electron chi connectivity index (χ2n) is 4.99. The number of nitrogens with zero attached hydrogens (tertiary/aromatic N) is 3. The summed E-state index contributed by atoms with van der Waals surface area (Å²) in [4.78, 5) is 11.1. The number of rotatable bonds is 5. The Morgan fingerprint density at radius 2 is 2.11 bits per heavy atom. The van der Waals surface area contributed by atoms with Crippen LogP contribution in [-0.4, -0.2) is 46.8 Å². The number of hydrogen-bond donors (Lipinski definition) is 2. The summed E-state index contributed by atoms with van der Waals surface area (Å²) in [5.74, 6) is 1.34. The summed E-state index contributed by atoms with van der Waals surface area (Å²) in [5.41, 5.74) is 5.77. The first kappa shape index (κ1) is 14.4. The summed E-state index contributed by atoms with van der Waals surface area (Å²) in [7, 11) is 0. The van der Waals surface area contributed by atoms with Crippen molar-refractivity contribution in [3.8, 4) is 0 Å². The number of anilines is 2. The van der Waals surface area contributed by atoms with Gasteiger partial charge in [-0.3, -0.25) is 4.90 Å². The molecular formula is C13H23N5S. The monoisotopic (exact) mass is 281 g/mol. The number of thioether (sulfide) groups is 1. The lowest BCUT2D eigenvalue weighted by Crippen LogP contribution is -2.41. The van der Waals surface area contributed by atoms with Crippen LogP contribution in [0.1, 0.15) is 26.2 Å². The van der Waals surface area contributed by atoms with Crippen molar-refractivity contribution in [1.82, 2.24) is 14.9 Å². The molecule has 6 heteroatoms. The normalized spacial score (nSPS) is 18.2. The Kier molecular flexibility index (Phi) is 5.27. The summed E-state index contributed by atoms with van der Waals surface area (Å²) in [6.07, 6.45) is 5.97. The molecular weight excluding hydrogens is 258 g/mol. The Bertz CT molecular complexity index is 406. The number of likely N-dealkylation sites (tertiary alicyclic amines) is 1. The summed E-state index contributed by atoms with van der Waals surface area (Å²) in [6, 6.07) is 2.32. The fraction of sp³-hybridized carbons (Fsp3) is 0.692. The van der Waals surface area contributed by atoms with Crippen LogP contribution in [-0.2, 0) is 0 Å². The predicted octanol–water partition coefficient (Wildman–Crippen LogP) is 2.07. The largest absolute Gasteiger partial charge is 0.383 e. The molecule has 0 bridgehead atoms. The van der Waals surface area contributed by atoms with Crippen LogP contribution in [0.15, 0.2) is 11.2 Å². The van der Waals surface area contributed by atoms with Crippen molar-refractivity contribution in [2.45, 2.75) is 37.4 Å². The van der Waals surface area contributed by atoms with Crippen LogP contribution in [0.5, 0.6) is 0 Å². The van der Waals surface area contributed by atoms with Crippen molar-refractivity contribution < 1.29 is 0 Å². The highest BCUT2D eigenvalue weighted by Crippen LogP contribution is 2.16. The predicted molar refractivity (Wildman–Crippen MR) is 81.6 cm³/mol. The highest BCUT2D eigenvalue weighted by molar-refractivity contribution is 7.98. The van der Waals surface area contributed by atoms with Crippen LogP contribution in [0.3, 0.4) is 0 Å². The van der Waals surface area contributed by atoms with Gasteiger partial charge in [0.15, 0.2) is 5.16 Å². The average molecular weight is 281 g/mol. The molecule has 0 spiro atoms. The number of nitrogens with two attached hydrogens (primary N) is 1. The number of aromatic nitrogens is 2. The quantitative estimate of drug-likeness (QED) is 0.636. The molecule has 1 aliphatic rings. The molecule has 2 heterocycles. The van der Waals surface area contributed by atoms with E-state index in [0.29, 0.717) is 17.0 Å². The molecule has 0 aromatic carbocycles. The van der Waals surface area contributed by atoms with E-state index in [1.807, 2.05) is 6.26 Å². The molecule has 5 nitrogen and oxygen atoms in total. The van der Waals surface area contributed by atoms with E-state index >= 15 is 0 Å². The van der Waals surface area contributed by atoms with Crippen molar-refractivity contribution >= 4 is 23.4 Å². The van der Waals surface area contributed by atoms with E-state index in [0.717, 1.165) is 12.4 Å². The van der Waals surface area contributed by atoms with E-state index in [1.165, 1.54) is 44.1 Å². The molecule has 1 aliphatic heterocycles. The Labute approximate surface area is 119 Å². The summed E-state index contributed by atoms with van der Waals surface area (Å²) < 4.78 is 0. The number of nitrogen functional groups attached to an aromatic ring is 1. The standard InChI is InChI=1S/C13H23N5S/c1-10(18-6-4-3-5-7-18)9-15-12-8-11(14)16-13(17-12)19-2/h8,10H,3-7,9H2,1-2H3,(H3,14,15,16,17). The Hall–Kier alpha value is -1.01. The van der Waals surface area contributed by atoms with Gasteiger partial charge in [0.25, 0.3) is 0 Å². The molecule has 0 aliphatic carbocycles. The molecule has 19 heavy (non-hydrogen) atoms. The van der Waals surface area contributed by atoms with E-state index in [-0.39, 0.29) is 0 Å². The molecule has 1 saturated heterocycles. The minimum Gasteiger partial charge on any atom is -0.383 e. The van der Waals surface area contributed by atoms with E-state index in [4.69, 9.17) is 5.73 Å². The lowest BCUT2D eigenvalue weighted by Gasteiger charge is -2.32. The molecule has 1 unspecified atom stereocenters. The first-order valence-electron chi connectivity index (χ1n) is 6.85. The topological polar surface area (TPSA) is 67.1 Å². The van der Waals surface area contributed by atoms with Gasteiger partial charge in [-0.25, -0.2) is 9.97 Å². The van der Waals surface area contributed by atoms with Gasteiger partial charge in [0.2, 0.25) is 0 Å². The van der Waals surface area contributed by atoms with Crippen molar-refractivity contribution in [1.29, 1.82) is 0 Å². The zero-order valence-electron chi connectivity index (χ0n) is 11.7. The zero-order chi connectivity index (χ0) is 13.7. The first-order valence-corrected chi connectivity index (χ1v) is 8.08. The van der Waals surface area contributed by atoms with Gasteiger partial charge in [-0.2, -0.15) is 0 Å². The first-order chi connectivity index (χ1) is 9.19. The van der Waals surface area contributed by atoms with E-state index < -0.39 is 0 Å². The Balaban J connectivity index is 1.88. The second kappa shape index (κ2) is 6.96. The maximum absolute atomic E-state index is 5.77. The molecule has 1 aromatic rings. The van der Waals surface area contributed by atoms with Gasteiger partial charge in [-0.1, -0.05) is 18.2 Å². The third kappa shape index (κ3) is 4.24. The van der Waals surface area contributed by atoms with Crippen LogP contribution in [0.4, 0.5) is 11.6 Å². The maximum Gasteiger partial charge on any atom is 0.191 e.